The van der Waals surface area contributed by atoms with Gasteiger partial charge >= 0.3 is 5.97 Å². The van der Waals surface area contributed by atoms with Gasteiger partial charge < -0.3 is 9.64 Å². The Labute approximate surface area is 159 Å². The number of hydrogen-bond acceptors (Lipinski definition) is 5. The number of carbonyl (C=O) groups excluding carboxylic acids is 4. The third kappa shape index (κ3) is 5.15. The van der Waals surface area contributed by atoms with Gasteiger partial charge in [0.2, 0.25) is 5.91 Å². The summed E-state index contributed by atoms with van der Waals surface area (Å²) in [6.45, 7) is 2.48. The molecule has 3 amide bonds. The highest BCUT2D eigenvalue weighted by Gasteiger charge is 2.37. The normalized spacial score (nSPS) is 12.9. The molecule has 146 valence electrons. The van der Waals surface area contributed by atoms with Gasteiger partial charge in [-0.15, -0.1) is 0 Å². The third-order valence-electron chi connectivity index (χ3n) is 4.62. The first kappa shape index (κ1) is 20.6. The van der Waals surface area contributed by atoms with E-state index in [2.05, 4.69) is 11.7 Å². The Balaban J connectivity index is 2.02. The van der Waals surface area contributed by atoms with Crippen molar-refractivity contribution in [3.8, 4) is 0 Å². The van der Waals surface area contributed by atoms with E-state index in [4.69, 9.17) is 0 Å². The van der Waals surface area contributed by atoms with Crippen molar-refractivity contribution in [2.75, 3.05) is 26.7 Å². The molecule has 0 unspecified atom stereocenters. The van der Waals surface area contributed by atoms with Gasteiger partial charge in [-0.1, -0.05) is 38.3 Å². The van der Waals surface area contributed by atoms with Crippen LogP contribution in [-0.2, 0) is 14.3 Å². The number of unbranched alkanes of at least 4 members (excludes halogenated alkanes) is 3. The minimum Gasteiger partial charge on any atom is -0.469 e. The molecule has 0 fully saturated rings. The lowest BCUT2D eigenvalue weighted by Crippen LogP contribution is -2.43. The van der Waals surface area contributed by atoms with Crippen LogP contribution in [0.25, 0.3) is 0 Å². The highest BCUT2D eigenvalue weighted by atomic mass is 16.5. The molecule has 0 aromatic heterocycles. The highest BCUT2D eigenvalue weighted by Crippen LogP contribution is 2.22. The van der Waals surface area contributed by atoms with Gasteiger partial charge in [-0.2, -0.15) is 0 Å². The molecule has 1 heterocycles. The number of rotatable bonds is 10. The maximum Gasteiger partial charge on any atom is 0.307 e. The van der Waals surface area contributed by atoms with Gasteiger partial charge in [0.15, 0.2) is 0 Å². The van der Waals surface area contributed by atoms with Crippen LogP contribution in [0.15, 0.2) is 24.3 Å². The largest absolute Gasteiger partial charge is 0.469 e. The molecule has 0 saturated carbocycles. The van der Waals surface area contributed by atoms with E-state index >= 15 is 0 Å². The van der Waals surface area contributed by atoms with Crippen LogP contribution in [0, 0.1) is 0 Å². The van der Waals surface area contributed by atoms with Crippen molar-refractivity contribution in [3.63, 3.8) is 0 Å². The molecule has 0 atom stereocenters. The minimum atomic E-state index is -0.456. The summed E-state index contributed by atoms with van der Waals surface area (Å²) in [7, 11) is 1.30. The highest BCUT2D eigenvalue weighted by molar-refractivity contribution is 6.22. The number of imide groups is 1. The zero-order valence-electron chi connectivity index (χ0n) is 15.9. The SMILES string of the molecule is CCCCCCN(CCC(=O)OC)C(=O)CN1C(=O)c2ccccc2C1=O. The first-order valence-electron chi connectivity index (χ1n) is 9.29. The number of carbonyl (C=O) groups is 4. The molecule has 7 heteroatoms. The zero-order chi connectivity index (χ0) is 19.8. The number of fused-ring (bicyclic) bond motifs is 1. The molecule has 0 saturated heterocycles. The first-order valence-corrected chi connectivity index (χ1v) is 9.29. The summed E-state index contributed by atoms with van der Waals surface area (Å²) in [6.07, 6.45) is 4.01. The molecule has 1 aromatic rings. The van der Waals surface area contributed by atoms with Gasteiger partial charge in [-0.05, 0) is 18.6 Å². The Morgan fingerprint density at radius 3 is 2.19 bits per heavy atom. The van der Waals surface area contributed by atoms with E-state index in [0.717, 1.165) is 30.6 Å². The average molecular weight is 374 g/mol. The quantitative estimate of drug-likeness (QED) is 0.356. The fraction of sp³-hybridized carbons (Fsp3) is 0.500. The van der Waals surface area contributed by atoms with E-state index < -0.39 is 17.8 Å². The second kappa shape index (κ2) is 9.85. The van der Waals surface area contributed by atoms with Crippen LogP contribution < -0.4 is 0 Å². The van der Waals surface area contributed by atoms with Crippen molar-refractivity contribution >= 4 is 23.7 Å². The topological polar surface area (TPSA) is 84.0 Å². The molecule has 1 aliphatic heterocycles. The maximum atomic E-state index is 12.7. The second-order valence-electron chi connectivity index (χ2n) is 6.51. The number of nitrogens with zero attached hydrogens (tertiary/aromatic N) is 2. The molecular weight excluding hydrogens is 348 g/mol. The molecule has 0 radical (unpaired) electrons. The van der Waals surface area contributed by atoms with Crippen LogP contribution in [0.5, 0.6) is 0 Å². The molecule has 1 aliphatic rings. The number of hydrogen-bond donors (Lipinski definition) is 0. The number of amides is 3. The van der Waals surface area contributed by atoms with Crippen molar-refractivity contribution in [3.05, 3.63) is 35.4 Å². The molecule has 7 nitrogen and oxygen atoms in total. The molecular formula is C20H26N2O5. The van der Waals surface area contributed by atoms with Crippen molar-refractivity contribution in [1.29, 1.82) is 0 Å². The Morgan fingerprint density at radius 1 is 1.00 bits per heavy atom. The van der Waals surface area contributed by atoms with Gasteiger partial charge in [0, 0.05) is 13.1 Å². The number of esters is 1. The average Bonchev–Trinajstić information content (AvgIpc) is 2.92. The fourth-order valence-electron chi connectivity index (χ4n) is 3.04. The van der Waals surface area contributed by atoms with Crippen LogP contribution in [-0.4, -0.2) is 60.2 Å². The van der Waals surface area contributed by atoms with E-state index in [-0.39, 0.29) is 25.4 Å². The van der Waals surface area contributed by atoms with Crippen LogP contribution in [0.2, 0.25) is 0 Å². The minimum absolute atomic E-state index is 0.0815. The molecule has 2 rings (SSSR count). The van der Waals surface area contributed by atoms with E-state index in [1.807, 2.05) is 0 Å². The molecule has 0 aliphatic carbocycles. The standard InChI is InChI=1S/C20H26N2O5/c1-3-4-5-8-12-21(13-11-18(24)27-2)17(23)14-22-19(25)15-9-6-7-10-16(15)20(22)26/h6-7,9-10H,3-5,8,11-14H2,1-2H3. The predicted molar refractivity (Wildman–Crippen MR) is 99.2 cm³/mol. The van der Waals surface area contributed by atoms with Gasteiger partial charge in [0.1, 0.15) is 6.54 Å². The summed E-state index contributed by atoms with van der Waals surface area (Å²) in [5.74, 6) is -1.65. The Bertz CT molecular complexity index is 681. The van der Waals surface area contributed by atoms with Crippen molar-refractivity contribution in [2.45, 2.75) is 39.0 Å². The lowest BCUT2D eigenvalue weighted by molar-refractivity contribution is -0.141. The summed E-state index contributed by atoms with van der Waals surface area (Å²) in [4.78, 5) is 51.6. The first-order chi connectivity index (χ1) is 13.0. The number of benzene rings is 1. The monoisotopic (exact) mass is 374 g/mol. The van der Waals surface area contributed by atoms with E-state index in [1.165, 1.54) is 12.0 Å². The summed E-state index contributed by atoms with van der Waals surface area (Å²) in [5.41, 5.74) is 0.638. The van der Waals surface area contributed by atoms with Crippen LogP contribution >= 0.6 is 0 Å². The smallest absolute Gasteiger partial charge is 0.307 e. The van der Waals surface area contributed by atoms with Gasteiger partial charge in [-0.25, -0.2) is 0 Å². The maximum absolute atomic E-state index is 12.7. The second-order valence-corrected chi connectivity index (χ2v) is 6.51. The molecule has 27 heavy (non-hydrogen) atoms. The van der Waals surface area contributed by atoms with Gasteiger partial charge in [-0.3, -0.25) is 24.1 Å². The van der Waals surface area contributed by atoms with E-state index in [9.17, 15) is 19.2 Å². The zero-order valence-corrected chi connectivity index (χ0v) is 15.9. The molecule has 1 aromatic carbocycles. The Kier molecular flexibility index (Phi) is 7.52. The number of methoxy groups -OCH3 is 1. The fourth-order valence-corrected chi connectivity index (χ4v) is 3.04. The summed E-state index contributed by atoms with van der Waals surface area (Å²) in [6, 6.07) is 6.54. The van der Waals surface area contributed by atoms with Gasteiger partial charge in [0.25, 0.3) is 11.8 Å². The number of ether oxygens (including phenoxy) is 1. The van der Waals surface area contributed by atoms with Crippen molar-refractivity contribution in [2.24, 2.45) is 0 Å². The van der Waals surface area contributed by atoms with Crippen LogP contribution in [0.4, 0.5) is 0 Å². The molecule has 0 N–H and O–H groups in total. The summed E-state index contributed by atoms with van der Waals surface area (Å²) < 4.78 is 4.64. The predicted octanol–water partition coefficient (Wildman–Crippen LogP) is 2.25. The van der Waals surface area contributed by atoms with Crippen LogP contribution in [0.1, 0.15) is 59.7 Å². The van der Waals surface area contributed by atoms with Gasteiger partial charge in [0.05, 0.1) is 24.7 Å². The molecule has 0 bridgehead atoms. The van der Waals surface area contributed by atoms with Crippen molar-refractivity contribution in [1.82, 2.24) is 9.80 Å². The molecule has 0 spiro atoms. The summed E-state index contributed by atoms with van der Waals surface area (Å²) in [5, 5.41) is 0. The lowest BCUT2D eigenvalue weighted by Gasteiger charge is -2.24. The van der Waals surface area contributed by atoms with E-state index in [0.29, 0.717) is 17.7 Å². The summed E-state index contributed by atoms with van der Waals surface area (Å²) >= 11 is 0. The van der Waals surface area contributed by atoms with E-state index in [1.54, 1.807) is 24.3 Å². The van der Waals surface area contributed by atoms with Crippen LogP contribution in [0.3, 0.4) is 0 Å². The third-order valence-corrected chi connectivity index (χ3v) is 4.62. The Hall–Kier alpha value is -2.70. The lowest BCUT2D eigenvalue weighted by atomic mass is 10.1. The van der Waals surface area contributed by atoms with Crippen molar-refractivity contribution < 1.29 is 23.9 Å². The Morgan fingerprint density at radius 2 is 1.63 bits per heavy atom.